The molecule has 0 saturated carbocycles. The van der Waals surface area contributed by atoms with E-state index in [0.717, 1.165) is 0 Å². The van der Waals surface area contributed by atoms with Crippen LogP contribution in [0.25, 0.3) is 0 Å². The minimum atomic E-state index is -0.679. The van der Waals surface area contributed by atoms with Crippen LogP contribution in [0.2, 0.25) is 0 Å². The third kappa shape index (κ3) is 2.94. The Kier molecular flexibility index (Phi) is 4.51. The Morgan fingerprint density at radius 1 is 1.52 bits per heavy atom. The largest absolute Gasteiger partial charge is 0.383 e. The number of aromatic nitrogens is 2. The zero-order valence-electron chi connectivity index (χ0n) is 15.8. The minimum absolute atomic E-state index is 0.0283. The summed E-state index contributed by atoms with van der Waals surface area (Å²) in [6.07, 6.45) is 4.03. The van der Waals surface area contributed by atoms with Crippen molar-refractivity contribution < 1.29 is 23.6 Å². The fourth-order valence-electron chi connectivity index (χ4n) is 4.33. The summed E-state index contributed by atoms with van der Waals surface area (Å²) in [6, 6.07) is 0. The molecule has 2 saturated heterocycles. The lowest BCUT2D eigenvalue weighted by Gasteiger charge is -2.27. The molecule has 0 N–H and O–H groups in total. The van der Waals surface area contributed by atoms with Crippen LogP contribution in [-0.4, -0.2) is 83.9 Å². The van der Waals surface area contributed by atoms with Gasteiger partial charge in [-0.15, -0.1) is 0 Å². The number of hydrogen-bond donors (Lipinski definition) is 0. The van der Waals surface area contributed by atoms with Gasteiger partial charge in [-0.05, 0) is 0 Å². The molecule has 27 heavy (non-hydrogen) atoms. The van der Waals surface area contributed by atoms with Crippen molar-refractivity contribution >= 4 is 11.8 Å². The molecule has 146 valence electrons. The van der Waals surface area contributed by atoms with Gasteiger partial charge in [0, 0.05) is 40.6 Å². The molecule has 3 aliphatic heterocycles. The molecule has 9 nitrogen and oxygen atoms in total. The Labute approximate surface area is 157 Å². The normalized spacial score (nSPS) is 31.0. The maximum absolute atomic E-state index is 13.1. The highest BCUT2D eigenvalue weighted by Gasteiger charge is 2.66. The molecule has 1 spiro atoms. The Balaban J connectivity index is 1.46. The molecule has 0 aliphatic carbocycles. The molecule has 2 amide bonds. The van der Waals surface area contributed by atoms with Crippen LogP contribution in [0.4, 0.5) is 0 Å². The highest BCUT2D eigenvalue weighted by Crippen LogP contribution is 2.52. The molecule has 2 fully saturated rings. The standard InChI is InChI=1S/C18H24N4O5/c1-11-19-13(20-27-11)5-7-21(2)16(23)14-12-4-6-18(26-12)10-22(8-9-25-3)17(24)15(14)18/h4,6,12,14-15H,5,7-10H2,1-3H3/t12-,14-,15+,18-/m0/s1. The molecule has 3 aliphatic rings. The first-order chi connectivity index (χ1) is 12.9. The lowest BCUT2D eigenvalue weighted by molar-refractivity contribution is -0.142. The lowest BCUT2D eigenvalue weighted by atomic mass is 9.76. The van der Waals surface area contributed by atoms with Gasteiger partial charge in [0.05, 0.1) is 31.1 Å². The second-order valence-electron chi connectivity index (χ2n) is 7.39. The number of ether oxygens (including phenoxy) is 2. The number of fused-ring (bicyclic) bond motifs is 1. The van der Waals surface area contributed by atoms with E-state index in [0.29, 0.717) is 44.4 Å². The molecule has 4 heterocycles. The minimum Gasteiger partial charge on any atom is -0.383 e. The van der Waals surface area contributed by atoms with Crippen molar-refractivity contribution in [3.63, 3.8) is 0 Å². The Morgan fingerprint density at radius 2 is 2.33 bits per heavy atom. The van der Waals surface area contributed by atoms with Crippen LogP contribution in [0.5, 0.6) is 0 Å². The van der Waals surface area contributed by atoms with Gasteiger partial charge in [-0.3, -0.25) is 9.59 Å². The van der Waals surface area contributed by atoms with E-state index in [2.05, 4.69) is 10.1 Å². The predicted octanol–water partition coefficient (Wildman–Crippen LogP) is -0.193. The molecule has 1 aromatic rings. The third-order valence-corrected chi connectivity index (χ3v) is 5.65. The van der Waals surface area contributed by atoms with E-state index in [-0.39, 0.29) is 17.9 Å². The molecule has 9 heteroatoms. The van der Waals surface area contributed by atoms with E-state index in [1.165, 1.54) is 0 Å². The van der Waals surface area contributed by atoms with Gasteiger partial charge in [0.25, 0.3) is 0 Å². The van der Waals surface area contributed by atoms with Crippen LogP contribution >= 0.6 is 0 Å². The molecule has 4 rings (SSSR count). The van der Waals surface area contributed by atoms with Crippen molar-refractivity contribution in [2.45, 2.75) is 25.0 Å². The smallest absolute Gasteiger partial charge is 0.230 e. The number of carbonyl (C=O) groups excluding carboxylic acids is 2. The lowest BCUT2D eigenvalue weighted by Crippen LogP contribution is -2.45. The van der Waals surface area contributed by atoms with Gasteiger partial charge < -0.3 is 23.8 Å². The van der Waals surface area contributed by atoms with Gasteiger partial charge in [0.15, 0.2) is 5.82 Å². The molecular weight excluding hydrogens is 352 g/mol. The quantitative estimate of drug-likeness (QED) is 0.608. The number of amides is 2. The molecule has 0 aromatic carbocycles. The highest BCUT2D eigenvalue weighted by molar-refractivity contribution is 5.93. The number of methoxy groups -OCH3 is 1. The summed E-state index contributed by atoms with van der Waals surface area (Å²) >= 11 is 0. The van der Waals surface area contributed by atoms with E-state index >= 15 is 0 Å². The van der Waals surface area contributed by atoms with E-state index < -0.39 is 17.4 Å². The van der Waals surface area contributed by atoms with Crippen molar-refractivity contribution in [1.29, 1.82) is 0 Å². The zero-order chi connectivity index (χ0) is 19.2. The number of hydrogen-bond acceptors (Lipinski definition) is 7. The summed E-state index contributed by atoms with van der Waals surface area (Å²) < 4.78 is 16.2. The summed E-state index contributed by atoms with van der Waals surface area (Å²) in [5.41, 5.74) is -0.679. The van der Waals surface area contributed by atoms with E-state index in [4.69, 9.17) is 14.0 Å². The molecule has 0 unspecified atom stereocenters. The maximum atomic E-state index is 13.1. The third-order valence-electron chi connectivity index (χ3n) is 5.65. The topological polar surface area (TPSA) is 98.0 Å². The average Bonchev–Trinajstić information content (AvgIpc) is 3.39. The van der Waals surface area contributed by atoms with Gasteiger partial charge in [0.2, 0.25) is 17.7 Å². The van der Waals surface area contributed by atoms with Crippen LogP contribution < -0.4 is 0 Å². The van der Waals surface area contributed by atoms with Gasteiger partial charge in [-0.25, -0.2) is 0 Å². The summed E-state index contributed by atoms with van der Waals surface area (Å²) in [6.45, 7) is 3.62. The fraction of sp³-hybridized carbons (Fsp3) is 0.667. The first-order valence-electron chi connectivity index (χ1n) is 9.14. The van der Waals surface area contributed by atoms with Crippen molar-refractivity contribution in [3.05, 3.63) is 23.9 Å². The number of nitrogens with zero attached hydrogens (tertiary/aromatic N) is 4. The van der Waals surface area contributed by atoms with E-state index in [1.807, 2.05) is 12.2 Å². The van der Waals surface area contributed by atoms with Crippen LogP contribution in [0.15, 0.2) is 16.7 Å². The monoisotopic (exact) mass is 376 g/mol. The van der Waals surface area contributed by atoms with Crippen LogP contribution in [0.3, 0.4) is 0 Å². The highest BCUT2D eigenvalue weighted by atomic mass is 16.5. The Hall–Kier alpha value is -2.26. The maximum Gasteiger partial charge on any atom is 0.230 e. The van der Waals surface area contributed by atoms with Crippen molar-refractivity contribution in [2.24, 2.45) is 11.8 Å². The fourth-order valence-corrected chi connectivity index (χ4v) is 4.33. The van der Waals surface area contributed by atoms with Gasteiger partial charge in [-0.1, -0.05) is 17.3 Å². The molecule has 0 radical (unpaired) electrons. The van der Waals surface area contributed by atoms with Gasteiger partial charge in [-0.2, -0.15) is 4.98 Å². The number of likely N-dealkylation sites (N-methyl/N-ethyl adjacent to an activating group) is 1. The predicted molar refractivity (Wildman–Crippen MR) is 92.6 cm³/mol. The van der Waals surface area contributed by atoms with Crippen molar-refractivity contribution in [1.82, 2.24) is 19.9 Å². The molecular formula is C18H24N4O5. The van der Waals surface area contributed by atoms with Crippen molar-refractivity contribution in [2.75, 3.05) is 40.4 Å². The van der Waals surface area contributed by atoms with E-state index in [9.17, 15) is 9.59 Å². The second-order valence-corrected chi connectivity index (χ2v) is 7.39. The van der Waals surface area contributed by atoms with Crippen LogP contribution in [0.1, 0.15) is 11.7 Å². The van der Waals surface area contributed by atoms with E-state index in [1.54, 1.807) is 30.9 Å². The van der Waals surface area contributed by atoms with Crippen LogP contribution in [-0.2, 0) is 25.5 Å². The summed E-state index contributed by atoms with van der Waals surface area (Å²) in [5, 5.41) is 3.85. The second kappa shape index (κ2) is 6.72. The number of rotatable bonds is 7. The molecule has 4 atom stereocenters. The van der Waals surface area contributed by atoms with Gasteiger partial charge >= 0.3 is 0 Å². The first-order valence-corrected chi connectivity index (χ1v) is 9.14. The SMILES string of the molecule is COCCN1C[C@]23C=C[C@H](O2)[C@H](C(=O)N(C)CCc2noc(C)n2)[C@@H]3C1=O. The summed E-state index contributed by atoms with van der Waals surface area (Å²) in [4.78, 5) is 33.6. The van der Waals surface area contributed by atoms with Crippen molar-refractivity contribution in [3.8, 4) is 0 Å². The Bertz CT molecular complexity index is 778. The molecule has 2 bridgehead atoms. The van der Waals surface area contributed by atoms with Crippen LogP contribution in [0, 0.1) is 18.8 Å². The molecule has 1 aromatic heterocycles. The number of carbonyl (C=O) groups is 2. The summed E-state index contributed by atoms with van der Waals surface area (Å²) in [5.74, 6) is -0.00717. The Morgan fingerprint density at radius 3 is 3.04 bits per heavy atom. The summed E-state index contributed by atoms with van der Waals surface area (Å²) in [7, 11) is 3.34. The van der Waals surface area contributed by atoms with Gasteiger partial charge in [0.1, 0.15) is 5.60 Å². The number of likely N-dealkylation sites (tertiary alicyclic amines) is 1. The number of aryl methyl sites for hydroxylation is 1. The first kappa shape index (κ1) is 18.1. The zero-order valence-corrected chi connectivity index (χ0v) is 15.8. The average molecular weight is 376 g/mol.